The molecule has 0 aliphatic carbocycles. The predicted molar refractivity (Wildman–Crippen MR) is 80.8 cm³/mol. The lowest BCUT2D eigenvalue weighted by molar-refractivity contribution is -0.121. The lowest BCUT2D eigenvalue weighted by atomic mass is 9.92. The number of benzene rings is 1. The van der Waals surface area contributed by atoms with E-state index in [-0.39, 0.29) is 5.95 Å². The minimum atomic E-state index is -1.25. The number of aryl methyl sites for hydroxylation is 1. The summed E-state index contributed by atoms with van der Waals surface area (Å²) in [5.41, 5.74) is -0.720. The van der Waals surface area contributed by atoms with E-state index in [0.717, 1.165) is 4.90 Å². The number of halogens is 2. The van der Waals surface area contributed by atoms with Crippen LogP contribution in [-0.4, -0.2) is 26.7 Å². The van der Waals surface area contributed by atoms with Gasteiger partial charge in [0.25, 0.3) is 5.91 Å². The van der Waals surface area contributed by atoms with Gasteiger partial charge in [-0.3, -0.25) is 4.79 Å². The number of aromatic nitrogens is 3. The third-order valence-corrected chi connectivity index (χ3v) is 4.31. The topological polar surface area (TPSA) is 80.1 Å². The van der Waals surface area contributed by atoms with E-state index >= 15 is 0 Å². The molecule has 1 aliphatic rings. The van der Waals surface area contributed by atoms with Crippen molar-refractivity contribution < 1.29 is 9.59 Å². The van der Waals surface area contributed by atoms with Crippen molar-refractivity contribution in [3.8, 4) is 0 Å². The molecule has 1 atom stereocenters. The van der Waals surface area contributed by atoms with Crippen LogP contribution < -0.4 is 10.2 Å². The number of imide groups is 1. The Morgan fingerprint density at radius 3 is 2.55 bits per heavy atom. The summed E-state index contributed by atoms with van der Waals surface area (Å²) < 4.78 is 1.35. The molecule has 9 heteroatoms. The van der Waals surface area contributed by atoms with Gasteiger partial charge in [-0.2, -0.15) is 15.0 Å². The van der Waals surface area contributed by atoms with Gasteiger partial charge in [0.15, 0.2) is 0 Å². The second-order valence-electron chi connectivity index (χ2n) is 5.01. The fourth-order valence-electron chi connectivity index (χ4n) is 2.32. The molecule has 7 nitrogen and oxygen atoms in total. The minimum Gasteiger partial charge on any atom is -0.319 e. The van der Waals surface area contributed by atoms with E-state index in [0.29, 0.717) is 15.6 Å². The largest absolute Gasteiger partial charge is 0.332 e. The lowest BCUT2D eigenvalue weighted by Crippen LogP contribution is -2.41. The number of rotatable bonds is 2. The van der Waals surface area contributed by atoms with Gasteiger partial charge >= 0.3 is 6.03 Å². The van der Waals surface area contributed by atoms with E-state index in [1.54, 1.807) is 32.2 Å². The van der Waals surface area contributed by atoms with Gasteiger partial charge in [0, 0.05) is 7.05 Å². The van der Waals surface area contributed by atoms with Crippen molar-refractivity contribution >= 4 is 41.1 Å². The van der Waals surface area contributed by atoms with Crippen LogP contribution in [-0.2, 0) is 17.4 Å². The van der Waals surface area contributed by atoms with Crippen LogP contribution in [0.25, 0.3) is 0 Å². The van der Waals surface area contributed by atoms with Gasteiger partial charge in [0.1, 0.15) is 11.9 Å². The average molecular weight is 340 g/mol. The molecule has 0 spiro atoms. The fraction of sp³-hybridized carbons (Fsp3) is 0.231. The summed E-state index contributed by atoms with van der Waals surface area (Å²) in [5.74, 6) is -0.321. The maximum absolute atomic E-state index is 12.8. The fourth-order valence-corrected chi connectivity index (χ4v) is 2.61. The first-order valence-corrected chi connectivity index (χ1v) is 7.06. The highest BCUT2D eigenvalue weighted by Crippen LogP contribution is 2.34. The Hall–Kier alpha value is -2.12. The van der Waals surface area contributed by atoms with Gasteiger partial charge in [-0.05, 0) is 24.6 Å². The molecule has 1 unspecified atom stereocenters. The number of carbonyl (C=O) groups excluding carboxylic acids is 2. The molecule has 1 saturated heterocycles. The highest BCUT2D eigenvalue weighted by atomic mass is 35.5. The Balaban J connectivity index is 2.06. The van der Waals surface area contributed by atoms with Crippen LogP contribution in [0.15, 0.2) is 24.5 Å². The average Bonchev–Trinajstić information content (AvgIpc) is 2.96. The van der Waals surface area contributed by atoms with E-state index in [1.807, 2.05) is 0 Å². The van der Waals surface area contributed by atoms with Crippen LogP contribution in [0, 0.1) is 0 Å². The minimum absolute atomic E-state index is 0.145. The maximum Gasteiger partial charge on any atom is 0.332 e. The zero-order valence-electron chi connectivity index (χ0n) is 11.7. The molecule has 2 heterocycles. The molecule has 1 N–H and O–H groups in total. The smallest absolute Gasteiger partial charge is 0.319 e. The van der Waals surface area contributed by atoms with Crippen molar-refractivity contribution in [1.29, 1.82) is 0 Å². The van der Waals surface area contributed by atoms with E-state index in [1.165, 1.54) is 11.0 Å². The predicted octanol–water partition coefficient (Wildman–Crippen LogP) is 2.09. The second-order valence-corrected chi connectivity index (χ2v) is 5.82. The SMILES string of the molecule is Cn1ncnc1N1C(=O)NC(C)(c2ccc(Cl)c(Cl)c2)C1=O. The third-order valence-electron chi connectivity index (χ3n) is 3.58. The summed E-state index contributed by atoms with van der Waals surface area (Å²) in [7, 11) is 1.59. The van der Waals surface area contributed by atoms with Gasteiger partial charge in [0.2, 0.25) is 5.95 Å². The maximum atomic E-state index is 12.8. The van der Waals surface area contributed by atoms with Crippen molar-refractivity contribution in [2.75, 3.05) is 4.90 Å². The zero-order chi connectivity index (χ0) is 16.1. The Labute approximate surface area is 135 Å². The molecular weight excluding hydrogens is 329 g/mol. The monoisotopic (exact) mass is 339 g/mol. The molecular formula is C13H11Cl2N5O2. The van der Waals surface area contributed by atoms with Gasteiger partial charge in [-0.25, -0.2) is 9.48 Å². The van der Waals surface area contributed by atoms with Crippen LogP contribution in [0.2, 0.25) is 10.0 Å². The summed E-state index contributed by atoms with van der Waals surface area (Å²) in [6.07, 6.45) is 1.27. The van der Waals surface area contributed by atoms with E-state index in [2.05, 4.69) is 15.4 Å². The van der Waals surface area contributed by atoms with Crippen molar-refractivity contribution in [3.05, 3.63) is 40.1 Å². The molecule has 22 heavy (non-hydrogen) atoms. The normalized spacial score (nSPS) is 21.4. The van der Waals surface area contributed by atoms with Crippen molar-refractivity contribution in [2.45, 2.75) is 12.5 Å². The molecule has 114 valence electrons. The number of anilines is 1. The van der Waals surface area contributed by atoms with Gasteiger partial charge < -0.3 is 5.32 Å². The first-order chi connectivity index (χ1) is 10.3. The molecule has 0 radical (unpaired) electrons. The second kappa shape index (κ2) is 4.96. The Morgan fingerprint density at radius 2 is 1.95 bits per heavy atom. The summed E-state index contributed by atoms with van der Waals surface area (Å²) in [5, 5.41) is 7.21. The summed E-state index contributed by atoms with van der Waals surface area (Å²) >= 11 is 11.9. The van der Waals surface area contributed by atoms with Crippen molar-refractivity contribution in [3.63, 3.8) is 0 Å². The first-order valence-electron chi connectivity index (χ1n) is 6.31. The number of nitrogens with zero attached hydrogens (tertiary/aromatic N) is 4. The van der Waals surface area contributed by atoms with Crippen molar-refractivity contribution in [1.82, 2.24) is 20.1 Å². The zero-order valence-corrected chi connectivity index (χ0v) is 13.2. The molecule has 1 fully saturated rings. The van der Waals surface area contributed by atoms with Gasteiger partial charge in [-0.15, -0.1) is 0 Å². The third kappa shape index (κ3) is 2.05. The molecule has 2 aromatic rings. The first kappa shape index (κ1) is 14.8. The van der Waals surface area contributed by atoms with Gasteiger partial charge in [-0.1, -0.05) is 29.3 Å². The Morgan fingerprint density at radius 1 is 1.23 bits per heavy atom. The molecule has 3 rings (SSSR count). The highest BCUT2D eigenvalue weighted by Gasteiger charge is 2.51. The molecule has 3 amide bonds. The van der Waals surface area contributed by atoms with Crippen LogP contribution in [0.4, 0.5) is 10.7 Å². The summed E-state index contributed by atoms with van der Waals surface area (Å²) in [6.45, 7) is 1.60. The number of nitrogens with one attached hydrogen (secondary N) is 1. The summed E-state index contributed by atoms with van der Waals surface area (Å²) in [6, 6.07) is 4.21. The van der Waals surface area contributed by atoms with Crippen LogP contribution in [0.3, 0.4) is 0 Å². The number of carbonyl (C=O) groups is 2. The van der Waals surface area contributed by atoms with E-state index in [9.17, 15) is 9.59 Å². The van der Waals surface area contributed by atoms with Gasteiger partial charge in [0.05, 0.1) is 10.0 Å². The molecule has 0 bridgehead atoms. The lowest BCUT2D eigenvalue weighted by Gasteiger charge is -2.22. The number of hydrogen-bond donors (Lipinski definition) is 1. The molecule has 1 aliphatic heterocycles. The summed E-state index contributed by atoms with van der Waals surface area (Å²) in [4.78, 5) is 29.9. The van der Waals surface area contributed by atoms with E-state index in [4.69, 9.17) is 23.2 Å². The Bertz CT molecular complexity index is 790. The number of hydrogen-bond acceptors (Lipinski definition) is 4. The number of amides is 3. The van der Waals surface area contributed by atoms with Crippen molar-refractivity contribution in [2.24, 2.45) is 7.05 Å². The van der Waals surface area contributed by atoms with Crippen LogP contribution in [0.1, 0.15) is 12.5 Å². The number of urea groups is 1. The quantitative estimate of drug-likeness (QED) is 0.849. The van der Waals surface area contributed by atoms with Crippen LogP contribution >= 0.6 is 23.2 Å². The highest BCUT2D eigenvalue weighted by molar-refractivity contribution is 6.42. The Kier molecular flexibility index (Phi) is 3.34. The molecule has 1 aromatic heterocycles. The van der Waals surface area contributed by atoms with E-state index < -0.39 is 17.5 Å². The van der Waals surface area contributed by atoms with Crippen LogP contribution in [0.5, 0.6) is 0 Å². The molecule has 0 saturated carbocycles. The standard InChI is InChI=1S/C13H11Cl2N5O2/c1-13(7-3-4-8(14)9(15)5-7)10(21)20(12(22)18-13)11-16-6-17-19(11)2/h3-6H,1-2H3,(H,18,22). The molecule has 1 aromatic carbocycles.